The maximum absolute atomic E-state index is 13.0. The van der Waals surface area contributed by atoms with Crippen LogP contribution in [0.15, 0.2) is 18.2 Å². The van der Waals surface area contributed by atoms with Crippen LogP contribution in [-0.2, 0) is 0 Å². The zero-order valence-corrected chi connectivity index (χ0v) is 8.05. The Morgan fingerprint density at radius 2 is 2.15 bits per heavy atom. The van der Waals surface area contributed by atoms with Gasteiger partial charge in [0.1, 0.15) is 5.82 Å². The molecule has 72 valence electrons. The van der Waals surface area contributed by atoms with Gasteiger partial charge in [-0.05, 0) is 18.6 Å². The van der Waals surface area contributed by atoms with Gasteiger partial charge in [-0.25, -0.2) is 4.39 Å². The predicted octanol–water partition coefficient (Wildman–Crippen LogP) is 2.25. The lowest BCUT2D eigenvalue weighted by Gasteiger charge is -2.20. The Labute approximate surface area is 78.2 Å². The fourth-order valence-electron chi connectivity index (χ4n) is 1.31. The van der Waals surface area contributed by atoms with E-state index in [0.29, 0.717) is 0 Å². The zero-order chi connectivity index (χ0) is 9.84. The number of halogens is 1. The highest BCUT2D eigenvalue weighted by Crippen LogP contribution is 2.24. The largest absolute Gasteiger partial charge is 0.395 e. The van der Waals surface area contributed by atoms with Gasteiger partial charge in [-0.1, -0.05) is 13.0 Å². The monoisotopic (exact) mass is 182 g/mol. The van der Waals surface area contributed by atoms with Crippen LogP contribution >= 0.6 is 0 Å². The first-order valence-electron chi connectivity index (χ1n) is 4.42. The van der Waals surface area contributed by atoms with Gasteiger partial charge in [-0.3, -0.25) is 0 Å². The van der Waals surface area contributed by atoms with Crippen LogP contribution in [0.2, 0.25) is 0 Å². The minimum Gasteiger partial charge on any atom is -0.395 e. The molecule has 0 aliphatic heterocycles. The first-order chi connectivity index (χ1) is 6.16. The Morgan fingerprint density at radius 1 is 1.46 bits per heavy atom. The summed E-state index contributed by atoms with van der Waals surface area (Å²) >= 11 is 0. The standard InChI is InChI=1S/C10H15FN2/c1-3-7-13(2)9-6-4-5-8(11)10(9)12/h4-6H,3,7,12H2,1-2H3. The summed E-state index contributed by atoms with van der Waals surface area (Å²) in [6.45, 7) is 2.96. The van der Waals surface area contributed by atoms with Gasteiger partial charge in [0.15, 0.2) is 0 Å². The third kappa shape index (κ3) is 2.11. The summed E-state index contributed by atoms with van der Waals surface area (Å²) in [4.78, 5) is 1.96. The number of anilines is 2. The molecule has 0 amide bonds. The molecule has 0 saturated heterocycles. The van der Waals surface area contributed by atoms with E-state index in [4.69, 9.17) is 5.73 Å². The van der Waals surface area contributed by atoms with Gasteiger partial charge < -0.3 is 10.6 Å². The molecule has 0 aliphatic rings. The van der Waals surface area contributed by atoms with Crippen LogP contribution in [0.4, 0.5) is 15.8 Å². The lowest BCUT2D eigenvalue weighted by atomic mass is 10.2. The third-order valence-corrected chi connectivity index (χ3v) is 2.00. The summed E-state index contributed by atoms with van der Waals surface area (Å²) in [6, 6.07) is 4.87. The second-order valence-electron chi connectivity index (χ2n) is 3.09. The summed E-state index contributed by atoms with van der Waals surface area (Å²) in [6.07, 6.45) is 1.02. The molecule has 0 saturated carbocycles. The van der Waals surface area contributed by atoms with Gasteiger partial charge >= 0.3 is 0 Å². The molecule has 0 aromatic heterocycles. The van der Waals surface area contributed by atoms with Gasteiger partial charge in [-0.2, -0.15) is 0 Å². The zero-order valence-electron chi connectivity index (χ0n) is 8.05. The first kappa shape index (κ1) is 9.84. The Bertz CT molecular complexity index is 286. The smallest absolute Gasteiger partial charge is 0.148 e. The summed E-state index contributed by atoms with van der Waals surface area (Å²) in [5, 5.41) is 0. The minimum atomic E-state index is -0.347. The molecule has 0 atom stereocenters. The second kappa shape index (κ2) is 4.12. The Kier molecular flexibility index (Phi) is 3.12. The normalized spacial score (nSPS) is 10.1. The number of para-hydroxylation sites is 1. The number of hydrogen-bond acceptors (Lipinski definition) is 2. The van der Waals surface area contributed by atoms with Gasteiger partial charge in [0.05, 0.1) is 11.4 Å². The van der Waals surface area contributed by atoms with Crippen LogP contribution < -0.4 is 10.6 Å². The number of hydrogen-bond donors (Lipinski definition) is 1. The van der Waals surface area contributed by atoms with Crippen molar-refractivity contribution in [2.45, 2.75) is 13.3 Å². The molecule has 0 radical (unpaired) electrons. The number of benzene rings is 1. The molecule has 0 spiro atoms. The lowest BCUT2D eigenvalue weighted by Crippen LogP contribution is -2.19. The first-order valence-corrected chi connectivity index (χ1v) is 4.42. The van der Waals surface area contributed by atoms with E-state index in [9.17, 15) is 4.39 Å². The van der Waals surface area contributed by atoms with E-state index in [0.717, 1.165) is 18.7 Å². The predicted molar refractivity (Wildman–Crippen MR) is 54.4 cm³/mol. The van der Waals surface area contributed by atoms with Crippen LogP contribution in [0.5, 0.6) is 0 Å². The summed E-state index contributed by atoms with van der Waals surface area (Å²) in [5.74, 6) is -0.347. The van der Waals surface area contributed by atoms with Crippen LogP contribution in [0.3, 0.4) is 0 Å². The molecule has 1 aromatic rings. The molecular formula is C10H15FN2. The van der Waals surface area contributed by atoms with E-state index in [2.05, 4.69) is 6.92 Å². The highest BCUT2D eigenvalue weighted by Gasteiger charge is 2.07. The molecule has 3 heteroatoms. The van der Waals surface area contributed by atoms with Crippen molar-refractivity contribution in [2.24, 2.45) is 0 Å². The van der Waals surface area contributed by atoms with Crippen molar-refractivity contribution in [1.29, 1.82) is 0 Å². The highest BCUT2D eigenvalue weighted by atomic mass is 19.1. The quantitative estimate of drug-likeness (QED) is 0.726. The molecule has 1 rings (SSSR count). The average Bonchev–Trinajstić information content (AvgIpc) is 2.10. The Balaban J connectivity index is 2.93. The molecule has 2 nitrogen and oxygen atoms in total. The molecule has 0 fully saturated rings. The molecule has 1 aromatic carbocycles. The number of nitrogens with zero attached hydrogens (tertiary/aromatic N) is 1. The van der Waals surface area contributed by atoms with Crippen LogP contribution in [-0.4, -0.2) is 13.6 Å². The summed E-state index contributed by atoms with van der Waals surface area (Å²) in [7, 11) is 1.91. The number of nitrogen functional groups attached to an aromatic ring is 1. The van der Waals surface area contributed by atoms with Crippen LogP contribution in [0, 0.1) is 5.82 Å². The van der Waals surface area contributed by atoms with E-state index < -0.39 is 0 Å². The van der Waals surface area contributed by atoms with Gasteiger partial charge in [0, 0.05) is 13.6 Å². The third-order valence-electron chi connectivity index (χ3n) is 2.00. The molecule has 0 unspecified atom stereocenters. The molecular weight excluding hydrogens is 167 g/mol. The number of rotatable bonds is 3. The maximum atomic E-state index is 13.0. The number of nitrogens with two attached hydrogens (primary N) is 1. The van der Waals surface area contributed by atoms with Crippen molar-refractivity contribution >= 4 is 11.4 Å². The molecule has 0 heterocycles. The van der Waals surface area contributed by atoms with Crippen molar-refractivity contribution in [1.82, 2.24) is 0 Å². The van der Waals surface area contributed by atoms with Gasteiger partial charge in [-0.15, -0.1) is 0 Å². The average molecular weight is 182 g/mol. The maximum Gasteiger partial charge on any atom is 0.148 e. The Hall–Kier alpha value is -1.25. The topological polar surface area (TPSA) is 29.3 Å². The van der Waals surface area contributed by atoms with Crippen molar-refractivity contribution in [3.05, 3.63) is 24.0 Å². The molecule has 0 aliphatic carbocycles. The van der Waals surface area contributed by atoms with E-state index in [1.807, 2.05) is 18.0 Å². The molecule has 13 heavy (non-hydrogen) atoms. The second-order valence-corrected chi connectivity index (χ2v) is 3.09. The van der Waals surface area contributed by atoms with Crippen LogP contribution in [0.1, 0.15) is 13.3 Å². The summed E-state index contributed by atoms with van der Waals surface area (Å²) < 4.78 is 13.0. The molecule has 2 N–H and O–H groups in total. The van der Waals surface area contributed by atoms with E-state index in [1.165, 1.54) is 6.07 Å². The summed E-state index contributed by atoms with van der Waals surface area (Å²) in [5.41, 5.74) is 6.60. The lowest BCUT2D eigenvalue weighted by molar-refractivity contribution is 0.632. The fourth-order valence-corrected chi connectivity index (χ4v) is 1.31. The minimum absolute atomic E-state index is 0.235. The highest BCUT2D eigenvalue weighted by molar-refractivity contribution is 5.67. The van der Waals surface area contributed by atoms with Crippen LogP contribution in [0.25, 0.3) is 0 Å². The van der Waals surface area contributed by atoms with Gasteiger partial charge in [0.2, 0.25) is 0 Å². The molecule has 0 bridgehead atoms. The van der Waals surface area contributed by atoms with E-state index in [1.54, 1.807) is 6.07 Å². The van der Waals surface area contributed by atoms with E-state index in [-0.39, 0.29) is 11.5 Å². The fraction of sp³-hybridized carbons (Fsp3) is 0.400. The van der Waals surface area contributed by atoms with Crippen molar-refractivity contribution in [3.63, 3.8) is 0 Å². The SMILES string of the molecule is CCCN(C)c1cccc(F)c1N. The van der Waals surface area contributed by atoms with Crippen molar-refractivity contribution < 1.29 is 4.39 Å². The van der Waals surface area contributed by atoms with Gasteiger partial charge in [0.25, 0.3) is 0 Å². The van der Waals surface area contributed by atoms with Crippen molar-refractivity contribution in [3.8, 4) is 0 Å². The Morgan fingerprint density at radius 3 is 2.77 bits per heavy atom. The van der Waals surface area contributed by atoms with Crippen molar-refractivity contribution in [2.75, 3.05) is 24.2 Å². The van der Waals surface area contributed by atoms with E-state index >= 15 is 0 Å².